The van der Waals surface area contributed by atoms with Crippen molar-refractivity contribution in [3.8, 4) is 0 Å². The second kappa shape index (κ2) is 7.39. The van der Waals surface area contributed by atoms with Crippen LogP contribution >= 0.6 is 23.2 Å². The van der Waals surface area contributed by atoms with Crippen LogP contribution in [-0.4, -0.2) is 38.5 Å². The molecule has 3 N–H and O–H groups in total. The Bertz CT molecular complexity index is 480. The Labute approximate surface area is 124 Å². The van der Waals surface area contributed by atoms with E-state index in [1.807, 2.05) is 0 Å². The van der Waals surface area contributed by atoms with E-state index in [2.05, 4.69) is 5.32 Å². The molecule has 0 aliphatic rings. The summed E-state index contributed by atoms with van der Waals surface area (Å²) in [6.45, 7) is -0.551. The van der Waals surface area contributed by atoms with Gasteiger partial charge in [-0.25, -0.2) is 0 Å². The molecule has 0 spiro atoms. The number of carbonyl (C=O) groups is 1. The molecule has 0 aliphatic carbocycles. The van der Waals surface area contributed by atoms with Crippen LogP contribution in [0, 0.1) is 10.1 Å². The number of non-ortho nitro benzene ring substituents is 1. The first-order chi connectivity index (χ1) is 9.36. The highest BCUT2D eigenvalue weighted by Gasteiger charge is 2.24. The molecule has 0 saturated heterocycles. The first-order valence-electron chi connectivity index (χ1n) is 5.48. The number of carbonyl (C=O) groups excluding carboxylic acids is 1. The van der Waals surface area contributed by atoms with Crippen molar-refractivity contribution in [3.63, 3.8) is 0 Å². The van der Waals surface area contributed by atoms with Gasteiger partial charge in [0.2, 0.25) is 0 Å². The number of aliphatic hydroxyl groups excluding tert-OH is 2. The zero-order chi connectivity index (χ0) is 15.3. The maximum Gasteiger partial charge on any atom is 0.269 e. The number of benzene rings is 1. The summed E-state index contributed by atoms with van der Waals surface area (Å²) in [5, 5.41) is 31.9. The number of hydrogen-bond acceptors (Lipinski definition) is 5. The standard InChI is InChI=1S/C11H12Cl2N2O5/c12-10(13)11(18)14-8(5-16)9(17)6-1-3-7(4-2-6)15(19)20/h1-4,8-10,16-17H,5H2,(H,14,18)/t8?,9-/m1/s1. The van der Waals surface area contributed by atoms with Gasteiger partial charge in [0.25, 0.3) is 11.6 Å². The van der Waals surface area contributed by atoms with Crippen LogP contribution in [0.1, 0.15) is 11.7 Å². The fourth-order valence-electron chi connectivity index (χ4n) is 1.50. The van der Waals surface area contributed by atoms with E-state index < -0.39 is 34.4 Å². The summed E-state index contributed by atoms with van der Waals surface area (Å²) in [6.07, 6.45) is -1.25. The van der Waals surface area contributed by atoms with Crippen LogP contribution in [0.5, 0.6) is 0 Å². The van der Waals surface area contributed by atoms with Crippen LogP contribution in [0.15, 0.2) is 24.3 Å². The number of nitro benzene ring substituents is 1. The molecule has 1 aromatic rings. The molecule has 1 rings (SSSR count). The highest BCUT2D eigenvalue weighted by Crippen LogP contribution is 2.20. The van der Waals surface area contributed by atoms with Gasteiger partial charge in [-0.1, -0.05) is 23.2 Å². The Hall–Kier alpha value is -1.41. The van der Waals surface area contributed by atoms with Gasteiger partial charge in [0.05, 0.1) is 17.6 Å². The van der Waals surface area contributed by atoms with Crippen LogP contribution in [0.2, 0.25) is 0 Å². The predicted octanol–water partition coefficient (Wildman–Crippen LogP) is 0.909. The number of amides is 1. The summed E-state index contributed by atoms with van der Waals surface area (Å²) < 4.78 is 0. The summed E-state index contributed by atoms with van der Waals surface area (Å²) in [5.74, 6) is -0.756. The highest BCUT2D eigenvalue weighted by molar-refractivity contribution is 6.53. The predicted molar refractivity (Wildman–Crippen MR) is 72.6 cm³/mol. The topological polar surface area (TPSA) is 113 Å². The van der Waals surface area contributed by atoms with Crippen molar-refractivity contribution in [2.75, 3.05) is 6.61 Å². The molecule has 20 heavy (non-hydrogen) atoms. The maximum atomic E-state index is 11.3. The van der Waals surface area contributed by atoms with Gasteiger partial charge in [0.15, 0.2) is 4.84 Å². The molecular formula is C11H12Cl2N2O5. The lowest BCUT2D eigenvalue weighted by molar-refractivity contribution is -0.384. The van der Waals surface area contributed by atoms with Gasteiger partial charge in [0.1, 0.15) is 6.10 Å². The molecule has 9 heteroatoms. The molecule has 2 atom stereocenters. The lowest BCUT2D eigenvalue weighted by atomic mass is 10.0. The third kappa shape index (κ3) is 4.31. The van der Waals surface area contributed by atoms with E-state index in [4.69, 9.17) is 28.3 Å². The first kappa shape index (κ1) is 16.6. The fourth-order valence-corrected chi connectivity index (χ4v) is 1.62. The van der Waals surface area contributed by atoms with E-state index in [9.17, 15) is 20.0 Å². The lowest BCUT2D eigenvalue weighted by Crippen LogP contribution is -2.44. The average Bonchev–Trinajstić information content (AvgIpc) is 2.43. The average molecular weight is 323 g/mol. The Balaban J connectivity index is 2.82. The quantitative estimate of drug-likeness (QED) is 0.409. The summed E-state index contributed by atoms with van der Waals surface area (Å²) in [5.41, 5.74) is 0.169. The molecule has 1 unspecified atom stereocenters. The van der Waals surface area contributed by atoms with E-state index in [1.54, 1.807) is 0 Å². The normalized spacial score (nSPS) is 13.8. The summed E-state index contributed by atoms with van der Waals surface area (Å²) in [7, 11) is 0. The number of nitrogens with zero attached hydrogens (tertiary/aromatic N) is 1. The van der Waals surface area contributed by atoms with Crippen molar-refractivity contribution < 1.29 is 19.9 Å². The minimum atomic E-state index is -1.33. The van der Waals surface area contributed by atoms with Gasteiger partial charge in [-0.15, -0.1) is 0 Å². The molecule has 7 nitrogen and oxygen atoms in total. The molecule has 0 aliphatic heterocycles. The molecule has 0 fully saturated rings. The number of hydrogen-bond donors (Lipinski definition) is 3. The van der Waals surface area contributed by atoms with Crippen molar-refractivity contribution in [3.05, 3.63) is 39.9 Å². The third-order valence-corrected chi connectivity index (χ3v) is 2.95. The Morgan fingerprint density at radius 1 is 1.35 bits per heavy atom. The van der Waals surface area contributed by atoms with E-state index in [-0.39, 0.29) is 5.69 Å². The van der Waals surface area contributed by atoms with Gasteiger partial charge < -0.3 is 15.5 Å². The smallest absolute Gasteiger partial charge is 0.269 e. The number of nitrogens with one attached hydrogen (secondary N) is 1. The molecule has 0 heterocycles. The van der Waals surface area contributed by atoms with Crippen LogP contribution < -0.4 is 5.32 Å². The highest BCUT2D eigenvalue weighted by atomic mass is 35.5. The maximum absolute atomic E-state index is 11.3. The van der Waals surface area contributed by atoms with Gasteiger partial charge in [-0.2, -0.15) is 0 Å². The Morgan fingerprint density at radius 2 is 1.90 bits per heavy atom. The van der Waals surface area contributed by atoms with E-state index >= 15 is 0 Å². The SMILES string of the molecule is O=C(NC(CO)[C@H](O)c1ccc([N+](=O)[O-])cc1)C(Cl)Cl. The number of aliphatic hydroxyl groups is 2. The van der Waals surface area contributed by atoms with Crippen molar-refractivity contribution in [2.45, 2.75) is 17.0 Å². The van der Waals surface area contributed by atoms with Crippen LogP contribution in [-0.2, 0) is 4.79 Å². The van der Waals surface area contributed by atoms with Crippen molar-refractivity contribution in [2.24, 2.45) is 0 Å². The largest absolute Gasteiger partial charge is 0.394 e. The molecule has 110 valence electrons. The number of alkyl halides is 2. The second-order valence-electron chi connectivity index (χ2n) is 3.89. The zero-order valence-corrected chi connectivity index (χ0v) is 11.6. The van der Waals surface area contributed by atoms with E-state index in [0.29, 0.717) is 5.56 Å². The van der Waals surface area contributed by atoms with Crippen molar-refractivity contribution in [1.82, 2.24) is 5.32 Å². The fraction of sp³-hybridized carbons (Fsp3) is 0.364. The van der Waals surface area contributed by atoms with Crippen LogP contribution in [0.25, 0.3) is 0 Å². The van der Waals surface area contributed by atoms with Gasteiger partial charge >= 0.3 is 0 Å². The molecule has 0 bridgehead atoms. The minimum Gasteiger partial charge on any atom is -0.394 e. The Morgan fingerprint density at radius 3 is 2.30 bits per heavy atom. The third-order valence-electron chi connectivity index (χ3n) is 2.55. The lowest BCUT2D eigenvalue weighted by Gasteiger charge is -2.22. The number of nitro groups is 1. The molecule has 0 radical (unpaired) electrons. The van der Waals surface area contributed by atoms with E-state index in [1.165, 1.54) is 24.3 Å². The molecular weight excluding hydrogens is 311 g/mol. The van der Waals surface area contributed by atoms with Crippen LogP contribution in [0.4, 0.5) is 5.69 Å². The zero-order valence-electron chi connectivity index (χ0n) is 10.1. The summed E-state index contributed by atoms with van der Waals surface area (Å²) in [6, 6.07) is 4.05. The van der Waals surface area contributed by atoms with Gasteiger partial charge in [-0.05, 0) is 17.7 Å². The minimum absolute atomic E-state index is 0.132. The number of halogens is 2. The Kier molecular flexibility index (Phi) is 6.15. The van der Waals surface area contributed by atoms with Crippen LogP contribution in [0.3, 0.4) is 0 Å². The number of rotatable bonds is 6. The van der Waals surface area contributed by atoms with E-state index in [0.717, 1.165) is 0 Å². The summed E-state index contributed by atoms with van der Waals surface area (Å²) in [4.78, 5) is 19.9. The van der Waals surface area contributed by atoms with Crippen molar-refractivity contribution in [1.29, 1.82) is 0 Å². The van der Waals surface area contributed by atoms with Gasteiger partial charge in [0, 0.05) is 12.1 Å². The monoisotopic (exact) mass is 322 g/mol. The molecule has 0 saturated carbocycles. The summed E-state index contributed by atoms with van der Waals surface area (Å²) >= 11 is 10.7. The van der Waals surface area contributed by atoms with Gasteiger partial charge in [-0.3, -0.25) is 14.9 Å². The molecule has 0 aromatic heterocycles. The molecule has 1 aromatic carbocycles. The second-order valence-corrected chi connectivity index (χ2v) is 4.99. The molecule has 1 amide bonds. The first-order valence-corrected chi connectivity index (χ1v) is 6.36. The van der Waals surface area contributed by atoms with Crippen molar-refractivity contribution >= 4 is 34.8 Å².